The third kappa shape index (κ3) is 2.88. The van der Waals surface area contributed by atoms with E-state index >= 15 is 0 Å². The Bertz CT molecular complexity index is 952. The lowest BCUT2D eigenvalue weighted by molar-refractivity contribution is -0.137. The lowest BCUT2D eigenvalue weighted by Crippen LogP contribution is -2.05. The van der Waals surface area contributed by atoms with Crippen molar-refractivity contribution in [2.75, 3.05) is 6.61 Å². The fourth-order valence-electron chi connectivity index (χ4n) is 2.45. The van der Waals surface area contributed by atoms with Crippen LogP contribution in [0, 0.1) is 11.3 Å². The van der Waals surface area contributed by atoms with E-state index in [9.17, 15) is 10.1 Å². The molecule has 3 aromatic rings. The second-order valence-corrected chi connectivity index (χ2v) is 4.96. The first-order valence-electron chi connectivity index (χ1n) is 7.39. The number of hydrogen-bond donors (Lipinski definition) is 0. The molecule has 0 saturated heterocycles. The Morgan fingerprint density at radius 2 is 2.08 bits per heavy atom. The first-order valence-corrected chi connectivity index (χ1v) is 7.39. The zero-order valence-corrected chi connectivity index (χ0v) is 13.0. The average molecular weight is 318 g/mol. The van der Waals surface area contributed by atoms with Crippen molar-refractivity contribution in [3.8, 4) is 11.8 Å². The van der Waals surface area contributed by atoms with Crippen LogP contribution in [0.15, 0.2) is 54.8 Å². The molecule has 118 valence electrons. The number of carbonyl (C=O) groups is 1. The number of nitrogens with zero attached hydrogens (tertiary/aromatic N) is 4. The summed E-state index contributed by atoms with van der Waals surface area (Å²) in [5.74, 6) is -0.625. The molecule has 0 radical (unpaired) electrons. The SMILES string of the molecule is CCOC(=O)/C(C#N)=C/c1cn(-c2cncnc2)c2ccccc12. The number of nitriles is 1. The summed E-state index contributed by atoms with van der Waals surface area (Å²) in [6.45, 7) is 1.93. The van der Waals surface area contributed by atoms with Crippen molar-refractivity contribution in [1.82, 2.24) is 14.5 Å². The average Bonchev–Trinajstić information content (AvgIpc) is 2.99. The summed E-state index contributed by atoms with van der Waals surface area (Å²) in [6, 6.07) is 9.62. The number of rotatable bonds is 4. The number of hydrogen-bond acceptors (Lipinski definition) is 5. The van der Waals surface area contributed by atoms with Gasteiger partial charge in [-0.3, -0.25) is 0 Å². The largest absolute Gasteiger partial charge is 0.462 e. The van der Waals surface area contributed by atoms with Crippen LogP contribution in [0.1, 0.15) is 12.5 Å². The number of carbonyl (C=O) groups excluding carboxylic acids is 1. The van der Waals surface area contributed by atoms with Gasteiger partial charge in [0, 0.05) is 17.1 Å². The Kier molecular flexibility index (Phi) is 4.34. The molecule has 24 heavy (non-hydrogen) atoms. The van der Waals surface area contributed by atoms with Gasteiger partial charge in [-0.25, -0.2) is 14.8 Å². The van der Waals surface area contributed by atoms with Crippen molar-refractivity contribution >= 4 is 22.9 Å². The van der Waals surface area contributed by atoms with Crippen LogP contribution < -0.4 is 0 Å². The van der Waals surface area contributed by atoms with Gasteiger partial charge in [0.1, 0.15) is 18.0 Å². The number of para-hydroxylation sites is 1. The van der Waals surface area contributed by atoms with E-state index in [4.69, 9.17) is 4.74 Å². The predicted octanol–water partition coefficient (Wildman–Crippen LogP) is 2.89. The first kappa shape index (κ1) is 15.4. The molecule has 0 fully saturated rings. The topological polar surface area (TPSA) is 80.8 Å². The molecular formula is C18H14N4O2. The molecule has 0 bridgehead atoms. The van der Waals surface area contributed by atoms with Crippen LogP contribution >= 0.6 is 0 Å². The van der Waals surface area contributed by atoms with Gasteiger partial charge < -0.3 is 9.30 Å². The Balaban J connectivity index is 2.16. The number of fused-ring (bicyclic) bond motifs is 1. The monoisotopic (exact) mass is 318 g/mol. The summed E-state index contributed by atoms with van der Waals surface area (Å²) in [5, 5.41) is 10.1. The highest BCUT2D eigenvalue weighted by Gasteiger charge is 2.13. The van der Waals surface area contributed by atoms with Gasteiger partial charge in [-0.2, -0.15) is 5.26 Å². The van der Waals surface area contributed by atoms with Gasteiger partial charge in [-0.15, -0.1) is 0 Å². The highest BCUT2D eigenvalue weighted by molar-refractivity contribution is 6.01. The number of esters is 1. The molecule has 0 N–H and O–H groups in total. The van der Waals surface area contributed by atoms with Crippen molar-refractivity contribution in [3.63, 3.8) is 0 Å². The highest BCUT2D eigenvalue weighted by atomic mass is 16.5. The molecule has 0 aliphatic heterocycles. The molecule has 6 heteroatoms. The second-order valence-electron chi connectivity index (χ2n) is 4.96. The van der Waals surface area contributed by atoms with E-state index < -0.39 is 5.97 Å². The molecule has 2 heterocycles. The Morgan fingerprint density at radius 3 is 2.79 bits per heavy atom. The van der Waals surface area contributed by atoms with Crippen LogP contribution in [-0.2, 0) is 9.53 Å². The van der Waals surface area contributed by atoms with Gasteiger partial charge in [-0.1, -0.05) is 18.2 Å². The van der Waals surface area contributed by atoms with Crippen LogP contribution in [0.25, 0.3) is 22.7 Å². The zero-order valence-electron chi connectivity index (χ0n) is 13.0. The molecule has 0 saturated carbocycles. The molecule has 3 rings (SSSR count). The van der Waals surface area contributed by atoms with E-state index in [1.807, 2.05) is 41.1 Å². The lowest BCUT2D eigenvalue weighted by atomic mass is 10.1. The Labute approximate surface area is 138 Å². The van der Waals surface area contributed by atoms with E-state index in [-0.39, 0.29) is 12.2 Å². The van der Waals surface area contributed by atoms with Gasteiger partial charge in [0.25, 0.3) is 0 Å². The third-order valence-electron chi connectivity index (χ3n) is 3.48. The van der Waals surface area contributed by atoms with Crippen LogP contribution in [0.3, 0.4) is 0 Å². The van der Waals surface area contributed by atoms with E-state index in [0.717, 1.165) is 22.2 Å². The molecule has 0 aliphatic carbocycles. The summed E-state index contributed by atoms with van der Waals surface area (Å²) >= 11 is 0. The second kappa shape index (κ2) is 6.75. The maximum atomic E-state index is 11.9. The summed E-state index contributed by atoms with van der Waals surface area (Å²) in [6.07, 6.45) is 8.25. The maximum Gasteiger partial charge on any atom is 0.348 e. The Hall–Kier alpha value is -3.46. The predicted molar refractivity (Wildman–Crippen MR) is 89.1 cm³/mol. The standard InChI is InChI=1S/C18H14N4O2/c1-2-24-18(23)13(8-19)7-14-11-22(15-9-20-12-21-10-15)17-6-4-3-5-16(14)17/h3-7,9-12H,2H2,1H3/b13-7+. The third-order valence-corrected chi connectivity index (χ3v) is 3.48. The van der Waals surface area contributed by atoms with Gasteiger partial charge in [0.05, 0.1) is 30.2 Å². The molecule has 6 nitrogen and oxygen atoms in total. The van der Waals surface area contributed by atoms with Gasteiger partial charge in [-0.05, 0) is 19.1 Å². The molecule has 0 unspecified atom stereocenters. The smallest absolute Gasteiger partial charge is 0.348 e. The van der Waals surface area contributed by atoms with Crippen LogP contribution in [-0.4, -0.2) is 27.1 Å². The molecule has 0 aliphatic rings. The molecule has 1 aromatic carbocycles. The van der Waals surface area contributed by atoms with Gasteiger partial charge >= 0.3 is 5.97 Å². The van der Waals surface area contributed by atoms with Crippen molar-refractivity contribution in [2.45, 2.75) is 6.92 Å². The number of aromatic nitrogens is 3. The fourth-order valence-corrected chi connectivity index (χ4v) is 2.45. The fraction of sp³-hybridized carbons (Fsp3) is 0.111. The van der Waals surface area contributed by atoms with E-state index in [1.54, 1.807) is 25.4 Å². The quantitative estimate of drug-likeness (QED) is 0.420. The number of benzene rings is 1. The summed E-state index contributed by atoms with van der Waals surface area (Å²) in [5.41, 5.74) is 2.44. The van der Waals surface area contributed by atoms with Crippen LogP contribution in [0.2, 0.25) is 0 Å². The van der Waals surface area contributed by atoms with Crippen molar-refractivity contribution in [1.29, 1.82) is 5.26 Å². The number of ether oxygens (including phenoxy) is 1. The minimum atomic E-state index is -0.625. The van der Waals surface area contributed by atoms with E-state index in [2.05, 4.69) is 9.97 Å². The maximum absolute atomic E-state index is 11.9. The Morgan fingerprint density at radius 1 is 1.33 bits per heavy atom. The van der Waals surface area contributed by atoms with Gasteiger partial charge in [0.15, 0.2) is 0 Å². The van der Waals surface area contributed by atoms with Gasteiger partial charge in [0.2, 0.25) is 0 Å². The van der Waals surface area contributed by atoms with E-state index in [1.165, 1.54) is 6.33 Å². The van der Waals surface area contributed by atoms with Crippen molar-refractivity contribution in [3.05, 3.63) is 60.3 Å². The lowest BCUT2D eigenvalue weighted by Gasteiger charge is -2.02. The highest BCUT2D eigenvalue weighted by Crippen LogP contribution is 2.26. The molecule has 0 atom stereocenters. The summed E-state index contributed by atoms with van der Waals surface area (Å²) in [7, 11) is 0. The zero-order chi connectivity index (χ0) is 16.9. The summed E-state index contributed by atoms with van der Waals surface area (Å²) in [4.78, 5) is 19.9. The molecule has 0 amide bonds. The first-order chi connectivity index (χ1) is 11.7. The van der Waals surface area contributed by atoms with Crippen LogP contribution in [0.5, 0.6) is 0 Å². The van der Waals surface area contributed by atoms with Crippen molar-refractivity contribution < 1.29 is 9.53 Å². The van der Waals surface area contributed by atoms with Crippen LogP contribution in [0.4, 0.5) is 0 Å². The minimum Gasteiger partial charge on any atom is -0.462 e. The normalized spacial score (nSPS) is 11.2. The molecule has 2 aromatic heterocycles. The molecule has 0 spiro atoms. The minimum absolute atomic E-state index is 0.0379. The van der Waals surface area contributed by atoms with Crippen molar-refractivity contribution in [2.24, 2.45) is 0 Å². The van der Waals surface area contributed by atoms with E-state index in [0.29, 0.717) is 0 Å². The summed E-state index contributed by atoms with van der Waals surface area (Å²) < 4.78 is 6.83. The molecular weight excluding hydrogens is 304 g/mol.